The summed E-state index contributed by atoms with van der Waals surface area (Å²) in [6.45, 7) is 1.88. The Bertz CT molecular complexity index is 595. The summed E-state index contributed by atoms with van der Waals surface area (Å²) in [5, 5.41) is 14.5. The van der Waals surface area contributed by atoms with Crippen molar-refractivity contribution < 1.29 is 4.79 Å². The number of carbonyl (C=O) groups excluding carboxylic acids is 1. The fourth-order valence-electron chi connectivity index (χ4n) is 1.06. The van der Waals surface area contributed by atoms with Gasteiger partial charge in [0.2, 0.25) is 0 Å². The molecule has 0 bridgehead atoms. The van der Waals surface area contributed by atoms with Crippen LogP contribution < -0.4 is 5.43 Å². The number of amides is 1. The van der Waals surface area contributed by atoms with Crippen LogP contribution in [0.5, 0.6) is 0 Å². The SMILES string of the molecule is Cc1nnc(SCC(=O)NN=Cc2cc(Br)cs2)s1. The highest BCUT2D eigenvalue weighted by Crippen LogP contribution is 2.21. The van der Waals surface area contributed by atoms with Crippen LogP contribution in [-0.2, 0) is 4.79 Å². The van der Waals surface area contributed by atoms with Crippen LogP contribution in [0.3, 0.4) is 0 Å². The lowest BCUT2D eigenvalue weighted by molar-refractivity contribution is -0.118. The molecule has 2 aromatic rings. The minimum Gasteiger partial charge on any atom is -0.272 e. The van der Waals surface area contributed by atoms with Gasteiger partial charge < -0.3 is 0 Å². The van der Waals surface area contributed by atoms with Gasteiger partial charge in [-0.2, -0.15) is 5.10 Å². The fraction of sp³-hybridized carbons (Fsp3) is 0.200. The summed E-state index contributed by atoms with van der Waals surface area (Å²) < 4.78 is 1.80. The van der Waals surface area contributed by atoms with Crippen LogP contribution in [0.4, 0.5) is 0 Å². The minimum absolute atomic E-state index is 0.162. The van der Waals surface area contributed by atoms with E-state index < -0.39 is 0 Å². The summed E-state index contributed by atoms with van der Waals surface area (Å²) in [6, 6.07) is 1.93. The van der Waals surface area contributed by atoms with Crippen molar-refractivity contribution in [3.8, 4) is 0 Å². The number of rotatable bonds is 5. The molecule has 2 aromatic heterocycles. The summed E-state index contributed by atoms with van der Waals surface area (Å²) in [7, 11) is 0. The molecule has 0 aliphatic carbocycles. The highest BCUT2D eigenvalue weighted by atomic mass is 79.9. The summed E-state index contributed by atoms with van der Waals surface area (Å²) in [4.78, 5) is 12.5. The van der Waals surface area contributed by atoms with Crippen molar-refractivity contribution in [2.45, 2.75) is 11.3 Å². The number of nitrogens with one attached hydrogen (secondary N) is 1. The number of thiophene rings is 1. The first-order valence-electron chi connectivity index (χ1n) is 5.12. The van der Waals surface area contributed by atoms with Crippen molar-refractivity contribution in [1.82, 2.24) is 15.6 Å². The standard InChI is InChI=1S/C10H9BrN4OS3/c1-6-13-15-10(19-6)18-5-9(16)14-12-3-8-2-7(11)4-17-8/h2-4H,5H2,1H3,(H,14,16). The zero-order chi connectivity index (χ0) is 13.7. The van der Waals surface area contributed by atoms with Crippen molar-refractivity contribution in [2.75, 3.05) is 5.75 Å². The summed E-state index contributed by atoms with van der Waals surface area (Å²) >= 11 is 7.72. The first-order valence-corrected chi connectivity index (χ1v) is 8.60. The molecule has 2 heterocycles. The Morgan fingerprint density at radius 3 is 3.11 bits per heavy atom. The molecule has 0 unspecified atom stereocenters. The molecule has 0 saturated heterocycles. The Kier molecular flexibility index (Phi) is 5.49. The number of nitrogens with zero attached hydrogens (tertiary/aromatic N) is 3. The van der Waals surface area contributed by atoms with Gasteiger partial charge in [-0.05, 0) is 28.9 Å². The highest BCUT2D eigenvalue weighted by Gasteiger charge is 2.05. The van der Waals surface area contributed by atoms with Gasteiger partial charge in [-0.1, -0.05) is 23.1 Å². The van der Waals surface area contributed by atoms with E-state index in [4.69, 9.17) is 0 Å². The monoisotopic (exact) mass is 376 g/mol. The van der Waals surface area contributed by atoms with Crippen LogP contribution >= 0.6 is 50.4 Å². The zero-order valence-corrected chi connectivity index (χ0v) is 13.8. The van der Waals surface area contributed by atoms with E-state index in [0.717, 1.165) is 18.7 Å². The molecule has 9 heteroatoms. The average molecular weight is 377 g/mol. The van der Waals surface area contributed by atoms with Gasteiger partial charge in [0.25, 0.3) is 5.91 Å². The Morgan fingerprint density at radius 2 is 2.47 bits per heavy atom. The van der Waals surface area contributed by atoms with Crippen molar-refractivity contribution in [3.63, 3.8) is 0 Å². The number of hydrogen-bond acceptors (Lipinski definition) is 7. The normalized spacial score (nSPS) is 11.1. The van der Waals surface area contributed by atoms with Crippen LogP contribution in [-0.4, -0.2) is 28.1 Å². The van der Waals surface area contributed by atoms with E-state index in [0.29, 0.717) is 0 Å². The third-order valence-corrected chi connectivity index (χ3v) is 5.40. The van der Waals surface area contributed by atoms with Gasteiger partial charge in [0.1, 0.15) is 5.01 Å². The van der Waals surface area contributed by atoms with Crippen LogP contribution in [0.15, 0.2) is 25.4 Å². The lowest BCUT2D eigenvalue weighted by Gasteiger charge is -1.96. The maximum absolute atomic E-state index is 11.5. The van der Waals surface area contributed by atoms with Crippen molar-refractivity contribution in [1.29, 1.82) is 0 Å². The van der Waals surface area contributed by atoms with E-state index in [1.807, 2.05) is 18.4 Å². The van der Waals surface area contributed by atoms with Crippen LogP contribution in [0, 0.1) is 6.92 Å². The summed E-state index contributed by atoms with van der Waals surface area (Å²) in [5.41, 5.74) is 2.47. The smallest absolute Gasteiger partial charge is 0.250 e. The van der Waals surface area contributed by atoms with Crippen molar-refractivity contribution in [3.05, 3.63) is 25.8 Å². The number of hydrazone groups is 1. The third kappa shape index (κ3) is 5.01. The predicted octanol–water partition coefficient (Wildman–Crippen LogP) is 2.91. The molecule has 0 aliphatic rings. The molecular formula is C10H9BrN4OS3. The average Bonchev–Trinajstić information content (AvgIpc) is 2.96. The van der Waals surface area contributed by atoms with Crippen molar-refractivity contribution >= 4 is 62.5 Å². The first-order chi connectivity index (χ1) is 9.13. The van der Waals surface area contributed by atoms with E-state index >= 15 is 0 Å². The molecule has 19 heavy (non-hydrogen) atoms. The van der Waals surface area contributed by atoms with E-state index in [2.05, 4.69) is 36.7 Å². The van der Waals surface area contributed by atoms with E-state index in [1.165, 1.54) is 23.1 Å². The maximum Gasteiger partial charge on any atom is 0.250 e. The maximum atomic E-state index is 11.5. The molecule has 0 aromatic carbocycles. The summed E-state index contributed by atoms with van der Waals surface area (Å²) in [5.74, 6) is 0.116. The third-order valence-electron chi connectivity index (χ3n) is 1.80. The van der Waals surface area contributed by atoms with Gasteiger partial charge in [-0.25, -0.2) is 5.43 Å². The van der Waals surface area contributed by atoms with Gasteiger partial charge >= 0.3 is 0 Å². The molecule has 5 nitrogen and oxygen atoms in total. The first kappa shape index (κ1) is 14.6. The lowest BCUT2D eigenvalue weighted by Crippen LogP contribution is -2.19. The van der Waals surface area contributed by atoms with E-state index in [9.17, 15) is 4.79 Å². The molecule has 1 N–H and O–H groups in total. The summed E-state index contributed by atoms with van der Waals surface area (Å²) in [6.07, 6.45) is 1.62. The second-order valence-electron chi connectivity index (χ2n) is 3.34. The largest absolute Gasteiger partial charge is 0.272 e. The van der Waals surface area contributed by atoms with Crippen LogP contribution in [0.1, 0.15) is 9.88 Å². The number of halogens is 1. The van der Waals surface area contributed by atoms with Crippen molar-refractivity contribution in [2.24, 2.45) is 5.10 Å². The number of aromatic nitrogens is 2. The molecule has 0 fully saturated rings. The number of thioether (sulfide) groups is 1. The Hall–Kier alpha value is -0.770. The molecular weight excluding hydrogens is 368 g/mol. The van der Waals surface area contributed by atoms with Gasteiger partial charge in [0.15, 0.2) is 4.34 Å². The van der Waals surface area contributed by atoms with Gasteiger partial charge in [-0.3, -0.25) is 4.79 Å². The van der Waals surface area contributed by atoms with Gasteiger partial charge in [0, 0.05) is 14.7 Å². The Balaban J connectivity index is 1.74. The minimum atomic E-state index is -0.162. The Morgan fingerprint density at radius 1 is 1.63 bits per heavy atom. The predicted molar refractivity (Wildman–Crippen MR) is 83.1 cm³/mol. The number of hydrogen-bond donors (Lipinski definition) is 1. The van der Waals surface area contributed by atoms with E-state index in [-0.39, 0.29) is 11.7 Å². The topological polar surface area (TPSA) is 67.2 Å². The zero-order valence-electron chi connectivity index (χ0n) is 9.79. The highest BCUT2D eigenvalue weighted by molar-refractivity contribution is 9.10. The molecule has 100 valence electrons. The molecule has 2 rings (SSSR count). The molecule has 1 amide bonds. The van der Waals surface area contributed by atoms with E-state index in [1.54, 1.807) is 17.6 Å². The molecule has 0 spiro atoms. The fourth-order valence-corrected chi connectivity index (χ4v) is 3.97. The molecule has 0 aliphatic heterocycles. The Labute approximate surface area is 130 Å². The number of aryl methyl sites for hydroxylation is 1. The molecule has 0 saturated carbocycles. The number of carbonyl (C=O) groups is 1. The molecule has 0 radical (unpaired) electrons. The lowest BCUT2D eigenvalue weighted by atomic mass is 10.5. The molecule has 0 atom stereocenters. The van der Waals surface area contributed by atoms with Crippen LogP contribution in [0.25, 0.3) is 0 Å². The van der Waals surface area contributed by atoms with Gasteiger partial charge in [-0.15, -0.1) is 21.5 Å². The van der Waals surface area contributed by atoms with Gasteiger partial charge in [0.05, 0.1) is 12.0 Å². The second kappa shape index (κ2) is 7.13. The van der Waals surface area contributed by atoms with Crippen LogP contribution in [0.2, 0.25) is 0 Å². The second-order valence-corrected chi connectivity index (χ2v) is 7.60. The quantitative estimate of drug-likeness (QED) is 0.494.